The van der Waals surface area contributed by atoms with E-state index in [4.69, 9.17) is 6.42 Å². The van der Waals surface area contributed by atoms with Crippen LogP contribution in [0.5, 0.6) is 0 Å². The summed E-state index contributed by atoms with van der Waals surface area (Å²) in [5, 5.41) is 0. The number of hydrogen-bond donors (Lipinski definition) is 0. The zero-order chi connectivity index (χ0) is 9.99. The van der Waals surface area contributed by atoms with Gasteiger partial charge in [-0.15, -0.1) is 6.42 Å². The Morgan fingerprint density at radius 3 is 2.25 bits per heavy atom. The predicted molar refractivity (Wildman–Crippen MR) is 53.4 cm³/mol. The molecular formula is C7H12BrNO2S. The van der Waals surface area contributed by atoms with Crippen molar-refractivity contribution < 1.29 is 8.42 Å². The molecule has 0 unspecified atom stereocenters. The molecule has 0 aliphatic heterocycles. The smallest absolute Gasteiger partial charge is 0.211 e. The topological polar surface area (TPSA) is 37.4 Å². The lowest BCUT2D eigenvalue weighted by Gasteiger charge is -2.28. The number of rotatable bonds is 3. The summed E-state index contributed by atoms with van der Waals surface area (Å²) in [6, 6.07) is 0. The van der Waals surface area contributed by atoms with Gasteiger partial charge in [-0.25, -0.2) is 8.42 Å². The van der Waals surface area contributed by atoms with Crippen LogP contribution in [0.25, 0.3) is 0 Å². The van der Waals surface area contributed by atoms with Gasteiger partial charge in [0.25, 0.3) is 0 Å². The van der Waals surface area contributed by atoms with Gasteiger partial charge in [-0.1, -0.05) is 21.9 Å². The molecule has 0 saturated heterocycles. The molecule has 0 fully saturated rings. The van der Waals surface area contributed by atoms with Crippen LogP contribution >= 0.6 is 15.9 Å². The van der Waals surface area contributed by atoms with E-state index in [1.807, 2.05) is 0 Å². The Morgan fingerprint density at radius 1 is 1.58 bits per heavy atom. The molecule has 0 radical (unpaired) electrons. The summed E-state index contributed by atoms with van der Waals surface area (Å²) < 4.78 is 23.6. The summed E-state index contributed by atoms with van der Waals surface area (Å²) in [5.41, 5.74) is -0.771. The van der Waals surface area contributed by atoms with Crippen LogP contribution in [0.3, 0.4) is 0 Å². The van der Waals surface area contributed by atoms with Crippen LogP contribution in [0.15, 0.2) is 0 Å². The Bertz CT molecular complexity index is 289. The first kappa shape index (κ1) is 11.9. The minimum Gasteiger partial charge on any atom is -0.211 e. The van der Waals surface area contributed by atoms with Gasteiger partial charge in [0.1, 0.15) is 4.66 Å². The normalized spacial score (nSPS) is 13.0. The SMILES string of the molecule is C#CC(C)(C)N(C)S(=O)(=O)CBr. The monoisotopic (exact) mass is 253 g/mol. The molecule has 0 amide bonds. The maximum atomic E-state index is 11.3. The summed E-state index contributed by atoms with van der Waals surface area (Å²) in [7, 11) is -1.79. The van der Waals surface area contributed by atoms with Crippen molar-refractivity contribution in [2.75, 3.05) is 11.7 Å². The standard InChI is InChI=1S/C7H12BrNO2S/c1-5-7(2,3)9(4)12(10,11)6-8/h1H,6H2,2-4H3. The molecule has 0 saturated carbocycles. The second kappa shape index (κ2) is 3.77. The van der Waals surface area contributed by atoms with Crippen molar-refractivity contribution in [3.05, 3.63) is 0 Å². The first-order chi connectivity index (χ1) is 5.28. The van der Waals surface area contributed by atoms with Crippen LogP contribution in [0.4, 0.5) is 0 Å². The van der Waals surface area contributed by atoms with Crippen LogP contribution in [-0.2, 0) is 10.0 Å². The first-order valence-electron chi connectivity index (χ1n) is 3.28. The average Bonchev–Trinajstić information content (AvgIpc) is 2.03. The molecular weight excluding hydrogens is 242 g/mol. The van der Waals surface area contributed by atoms with Crippen molar-refractivity contribution in [2.24, 2.45) is 0 Å². The van der Waals surface area contributed by atoms with E-state index in [1.54, 1.807) is 13.8 Å². The number of hydrogen-bond acceptors (Lipinski definition) is 2. The Balaban J connectivity index is 4.88. The molecule has 12 heavy (non-hydrogen) atoms. The molecule has 0 rings (SSSR count). The Morgan fingerprint density at radius 2 is 2.00 bits per heavy atom. The number of terminal acetylenes is 1. The third kappa shape index (κ3) is 2.47. The predicted octanol–water partition coefficient (Wildman–Crippen LogP) is 1.01. The average molecular weight is 254 g/mol. The van der Waals surface area contributed by atoms with Crippen molar-refractivity contribution in [2.45, 2.75) is 19.4 Å². The quantitative estimate of drug-likeness (QED) is 0.557. The summed E-state index contributed by atoms with van der Waals surface area (Å²) in [6.07, 6.45) is 5.19. The van der Waals surface area contributed by atoms with E-state index in [0.717, 1.165) is 0 Å². The number of sulfonamides is 1. The van der Waals surface area contributed by atoms with Gasteiger partial charge in [-0.3, -0.25) is 0 Å². The molecule has 70 valence electrons. The summed E-state index contributed by atoms with van der Waals surface area (Å²) in [4.78, 5) is 0. The molecule has 0 bridgehead atoms. The largest absolute Gasteiger partial charge is 0.225 e. The highest BCUT2D eigenvalue weighted by Gasteiger charge is 2.29. The molecule has 0 spiro atoms. The molecule has 0 aliphatic rings. The van der Waals surface area contributed by atoms with Crippen molar-refractivity contribution in [3.63, 3.8) is 0 Å². The third-order valence-electron chi connectivity index (χ3n) is 1.70. The first-order valence-corrected chi connectivity index (χ1v) is 6.01. The van der Waals surface area contributed by atoms with E-state index in [-0.39, 0.29) is 4.66 Å². The van der Waals surface area contributed by atoms with Gasteiger partial charge in [0, 0.05) is 7.05 Å². The van der Waals surface area contributed by atoms with Crippen molar-refractivity contribution in [1.82, 2.24) is 4.31 Å². The molecule has 0 aromatic carbocycles. The van der Waals surface area contributed by atoms with Gasteiger partial charge >= 0.3 is 0 Å². The van der Waals surface area contributed by atoms with E-state index in [9.17, 15) is 8.42 Å². The van der Waals surface area contributed by atoms with E-state index < -0.39 is 15.6 Å². The molecule has 0 N–H and O–H groups in total. The van der Waals surface area contributed by atoms with Crippen molar-refractivity contribution in [1.29, 1.82) is 0 Å². The molecule has 0 aromatic heterocycles. The van der Waals surface area contributed by atoms with E-state index in [2.05, 4.69) is 21.9 Å². The third-order valence-corrected chi connectivity index (χ3v) is 5.00. The van der Waals surface area contributed by atoms with Gasteiger partial charge in [-0.05, 0) is 13.8 Å². The molecule has 0 atom stereocenters. The van der Waals surface area contributed by atoms with Gasteiger partial charge in [0.05, 0.1) is 5.54 Å². The van der Waals surface area contributed by atoms with Crippen LogP contribution in [-0.4, -0.2) is 30.0 Å². The second-order valence-corrected chi connectivity index (χ2v) is 6.20. The fourth-order valence-corrected chi connectivity index (χ4v) is 2.33. The summed E-state index contributed by atoms with van der Waals surface area (Å²) >= 11 is 2.89. The molecule has 0 aliphatic carbocycles. The maximum Gasteiger partial charge on any atom is 0.225 e. The summed E-state index contributed by atoms with van der Waals surface area (Å²) in [5.74, 6) is 2.41. The molecule has 5 heteroatoms. The van der Waals surface area contributed by atoms with E-state index in [0.29, 0.717) is 0 Å². The zero-order valence-electron chi connectivity index (χ0n) is 7.33. The fourth-order valence-electron chi connectivity index (χ4n) is 0.512. The van der Waals surface area contributed by atoms with Gasteiger partial charge < -0.3 is 0 Å². The Hall–Kier alpha value is -0.0500. The lowest BCUT2D eigenvalue weighted by Crippen LogP contribution is -2.44. The number of nitrogens with zero attached hydrogens (tertiary/aromatic N) is 1. The van der Waals surface area contributed by atoms with Crippen molar-refractivity contribution >= 4 is 26.0 Å². The highest BCUT2D eigenvalue weighted by Crippen LogP contribution is 2.16. The zero-order valence-corrected chi connectivity index (χ0v) is 9.74. The minimum absolute atomic E-state index is 0.110. The lowest BCUT2D eigenvalue weighted by molar-refractivity contribution is 0.343. The van der Waals surface area contributed by atoms with Gasteiger partial charge in [0.2, 0.25) is 10.0 Å². The highest BCUT2D eigenvalue weighted by atomic mass is 79.9. The van der Waals surface area contributed by atoms with Gasteiger partial charge in [-0.2, -0.15) is 4.31 Å². The maximum absolute atomic E-state index is 11.3. The summed E-state index contributed by atoms with van der Waals surface area (Å²) in [6.45, 7) is 3.35. The highest BCUT2D eigenvalue weighted by molar-refractivity contribution is 9.10. The molecule has 0 heterocycles. The number of alkyl halides is 1. The van der Waals surface area contributed by atoms with Crippen LogP contribution in [0.2, 0.25) is 0 Å². The fraction of sp³-hybridized carbons (Fsp3) is 0.714. The van der Waals surface area contributed by atoms with Crippen LogP contribution in [0.1, 0.15) is 13.8 Å². The second-order valence-electron chi connectivity index (χ2n) is 2.89. The van der Waals surface area contributed by atoms with Crippen LogP contribution < -0.4 is 0 Å². The Kier molecular flexibility index (Phi) is 3.76. The minimum atomic E-state index is -3.26. The Labute approximate surface area is 82.3 Å². The van der Waals surface area contributed by atoms with E-state index in [1.165, 1.54) is 11.4 Å². The number of halogens is 1. The van der Waals surface area contributed by atoms with Gasteiger partial charge in [0.15, 0.2) is 0 Å². The lowest BCUT2D eigenvalue weighted by atomic mass is 10.1. The van der Waals surface area contributed by atoms with Crippen molar-refractivity contribution in [3.8, 4) is 12.3 Å². The van der Waals surface area contributed by atoms with Crippen LogP contribution in [0, 0.1) is 12.3 Å². The molecule has 0 aromatic rings. The van der Waals surface area contributed by atoms with E-state index >= 15 is 0 Å². The molecule has 3 nitrogen and oxygen atoms in total.